The molecule has 0 aromatic heterocycles. The molecular weight excluding hydrogens is 242 g/mol. The Morgan fingerprint density at radius 2 is 2.05 bits per heavy atom. The molecule has 0 bridgehead atoms. The van der Waals surface area contributed by atoms with E-state index in [1.807, 2.05) is 24.3 Å². The number of rotatable bonds is 6. The van der Waals surface area contributed by atoms with Gasteiger partial charge in [-0.15, -0.1) is 0 Å². The number of para-hydroxylation sites is 1. The fourth-order valence-electron chi connectivity index (χ4n) is 2.76. The minimum Gasteiger partial charge on any atom is -0.496 e. The van der Waals surface area contributed by atoms with E-state index in [1.54, 1.807) is 7.11 Å². The molecule has 4 heteroatoms. The topological polar surface area (TPSA) is 49.8 Å². The highest BCUT2D eigenvalue weighted by atomic mass is 16.5. The molecular formula is C15H21NO3. The number of methoxy groups -OCH3 is 1. The van der Waals surface area contributed by atoms with E-state index in [0.29, 0.717) is 0 Å². The highest BCUT2D eigenvalue weighted by molar-refractivity contribution is 5.68. The summed E-state index contributed by atoms with van der Waals surface area (Å²) in [6.07, 6.45) is 2.58. The van der Waals surface area contributed by atoms with Gasteiger partial charge in [-0.25, -0.2) is 0 Å². The van der Waals surface area contributed by atoms with Crippen LogP contribution in [0.4, 0.5) is 0 Å². The second-order valence-electron chi connectivity index (χ2n) is 5.04. The fourth-order valence-corrected chi connectivity index (χ4v) is 2.76. The van der Waals surface area contributed by atoms with Crippen molar-refractivity contribution < 1.29 is 14.6 Å². The summed E-state index contributed by atoms with van der Waals surface area (Å²) in [6, 6.07) is 7.73. The van der Waals surface area contributed by atoms with E-state index in [2.05, 4.69) is 4.90 Å². The predicted molar refractivity (Wildman–Crippen MR) is 73.7 cm³/mol. The molecule has 1 N–H and O–H groups in total. The summed E-state index contributed by atoms with van der Waals surface area (Å²) < 4.78 is 5.36. The molecule has 0 aliphatic carbocycles. The number of carbonyl (C=O) groups is 1. The number of benzene rings is 1. The first-order chi connectivity index (χ1) is 9.20. The van der Waals surface area contributed by atoms with Crippen LogP contribution in [0, 0.1) is 0 Å². The highest BCUT2D eigenvalue weighted by Crippen LogP contribution is 2.30. The maximum absolute atomic E-state index is 11.1. The summed E-state index contributed by atoms with van der Waals surface area (Å²) in [5.41, 5.74) is 0.999. The third-order valence-electron chi connectivity index (χ3n) is 3.68. The molecule has 0 amide bonds. The van der Waals surface area contributed by atoms with Gasteiger partial charge in [0.2, 0.25) is 0 Å². The van der Waals surface area contributed by atoms with Crippen LogP contribution in [0.3, 0.4) is 0 Å². The number of hydrogen-bond donors (Lipinski definition) is 1. The Balaban J connectivity index is 2.17. The van der Waals surface area contributed by atoms with Gasteiger partial charge in [-0.3, -0.25) is 4.79 Å². The standard InChI is InChI=1S/C15H21NO3/c1-19-14-7-3-2-6-13(14)12(10-15(17)18)11-16-8-4-5-9-16/h2-3,6-7,12H,4-5,8-11H2,1H3,(H,17,18). The number of carboxylic acid groups (broad SMARTS) is 1. The zero-order valence-corrected chi connectivity index (χ0v) is 11.3. The third kappa shape index (κ3) is 3.70. The van der Waals surface area contributed by atoms with Gasteiger partial charge < -0.3 is 14.7 Å². The Morgan fingerprint density at radius 1 is 1.37 bits per heavy atom. The van der Waals surface area contributed by atoms with Crippen LogP contribution in [0.1, 0.15) is 30.7 Å². The second kappa shape index (κ2) is 6.57. The van der Waals surface area contributed by atoms with Crippen molar-refractivity contribution >= 4 is 5.97 Å². The second-order valence-corrected chi connectivity index (χ2v) is 5.04. The average molecular weight is 263 g/mol. The molecule has 1 aromatic rings. The van der Waals surface area contributed by atoms with Crippen molar-refractivity contribution in [3.63, 3.8) is 0 Å². The Bertz CT molecular complexity index is 427. The lowest BCUT2D eigenvalue weighted by atomic mass is 9.94. The zero-order chi connectivity index (χ0) is 13.7. The van der Waals surface area contributed by atoms with Crippen molar-refractivity contribution in [2.75, 3.05) is 26.7 Å². The van der Waals surface area contributed by atoms with Crippen molar-refractivity contribution in [2.24, 2.45) is 0 Å². The number of ether oxygens (including phenoxy) is 1. The first kappa shape index (κ1) is 13.9. The summed E-state index contributed by atoms with van der Waals surface area (Å²) in [6.45, 7) is 2.95. The molecule has 104 valence electrons. The molecule has 4 nitrogen and oxygen atoms in total. The molecule has 1 aliphatic rings. The van der Waals surface area contributed by atoms with E-state index < -0.39 is 5.97 Å². The van der Waals surface area contributed by atoms with Crippen LogP contribution >= 0.6 is 0 Å². The van der Waals surface area contributed by atoms with Gasteiger partial charge in [0.1, 0.15) is 5.75 Å². The van der Waals surface area contributed by atoms with E-state index in [0.717, 1.165) is 30.9 Å². The first-order valence-electron chi connectivity index (χ1n) is 6.77. The number of likely N-dealkylation sites (tertiary alicyclic amines) is 1. The SMILES string of the molecule is COc1ccccc1C(CC(=O)O)CN1CCCC1. The normalized spacial score (nSPS) is 17.3. The molecule has 2 rings (SSSR count). The van der Waals surface area contributed by atoms with Crippen LogP contribution in [-0.2, 0) is 4.79 Å². The molecule has 1 saturated heterocycles. The van der Waals surface area contributed by atoms with Gasteiger partial charge in [0.25, 0.3) is 0 Å². The van der Waals surface area contributed by atoms with Gasteiger partial charge in [-0.05, 0) is 37.6 Å². The van der Waals surface area contributed by atoms with E-state index >= 15 is 0 Å². The smallest absolute Gasteiger partial charge is 0.304 e. The molecule has 1 atom stereocenters. The number of carboxylic acids is 1. The summed E-state index contributed by atoms with van der Waals surface area (Å²) in [5, 5.41) is 9.12. The van der Waals surface area contributed by atoms with Gasteiger partial charge in [0.15, 0.2) is 0 Å². The fraction of sp³-hybridized carbons (Fsp3) is 0.533. The van der Waals surface area contributed by atoms with Crippen molar-refractivity contribution in [2.45, 2.75) is 25.2 Å². The van der Waals surface area contributed by atoms with Crippen LogP contribution in [0.5, 0.6) is 5.75 Å². The maximum Gasteiger partial charge on any atom is 0.304 e. The maximum atomic E-state index is 11.1. The zero-order valence-electron chi connectivity index (χ0n) is 11.3. The van der Waals surface area contributed by atoms with E-state index in [9.17, 15) is 4.79 Å². The Kier molecular flexibility index (Phi) is 4.80. The summed E-state index contributed by atoms with van der Waals surface area (Å²) in [7, 11) is 1.63. The number of hydrogen-bond acceptors (Lipinski definition) is 3. The van der Waals surface area contributed by atoms with E-state index in [1.165, 1.54) is 12.8 Å². The highest BCUT2D eigenvalue weighted by Gasteiger charge is 2.23. The average Bonchev–Trinajstić information content (AvgIpc) is 2.90. The Hall–Kier alpha value is -1.55. The van der Waals surface area contributed by atoms with Gasteiger partial charge >= 0.3 is 5.97 Å². The number of nitrogens with zero attached hydrogens (tertiary/aromatic N) is 1. The largest absolute Gasteiger partial charge is 0.496 e. The Morgan fingerprint density at radius 3 is 2.68 bits per heavy atom. The molecule has 1 fully saturated rings. The lowest BCUT2D eigenvalue weighted by Crippen LogP contribution is -2.27. The molecule has 19 heavy (non-hydrogen) atoms. The summed E-state index contributed by atoms with van der Waals surface area (Å²) >= 11 is 0. The van der Waals surface area contributed by atoms with E-state index in [-0.39, 0.29) is 12.3 Å². The third-order valence-corrected chi connectivity index (χ3v) is 3.68. The predicted octanol–water partition coefficient (Wildman–Crippen LogP) is 2.35. The Labute approximate surface area is 114 Å². The van der Waals surface area contributed by atoms with Gasteiger partial charge in [0, 0.05) is 12.5 Å². The van der Waals surface area contributed by atoms with Gasteiger partial charge in [0.05, 0.1) is 13.5 Å². The first-order valence-corrected chi connectivity index (χ1v) is 6.77. The van der Waals surface area contributed by atoms with Crippen LogP contribution in [0.2, 0.25) is 0 Å². The summed E-state index contributed by atoms with van der Waals surface area (Å²) in [4.78, 5) is 13.4. The van der Waals surface area contributed by atoms with Crippen molar-refractivity contribution in [1.29, 1.82) is 0 Å². The van der Waals surface area contributed by atoms with Crippen LogP contribution in [-0.4, -0.2) is 42.7 Å². The van der Waals surface area contributed by atoms with Gasteiger partial charge in [-0.2, -0.15) is 0 Å². The monoisotopic (exact) mass is 263 g/mol. The van der Waals surface area contributed by atoms with Crippen LogP contribution in [0.25, 0.3) is 0 Å². The molecule has 0 saturated carbocycles. The summed E-state index contributed by atoms with van der Waals surface area (Å²) in [5.74, 6) is 0.0230. The lowest BCUT2D eigenvalue weighted by molar-refractivity contribution is -0.137. The molecule has 1 unspecified atom stereocenters. The molecule has 0 radical (unpaired) electrons. The quantitative estimate of drug-likeness (QED) is 0.856. The van der Waals surface area contributed by atoms with Crippen molar-refractivity contribution in [3.05, 3.63) is 29.8 Å². The van der Waals surface area contributed by atoms with Crippen molar-refractivity contribution in [3.8, 4) is 5.75 Å². The van der Waals surface area contributed by atoms with Crippen LogP contribution < -0.4 is 4.74 Å². The van der Waals surface area contributed by atoms with E-state index in [4.69, 9.17) is 9.84 Å². The van der Waals surface area contributed by atoms with Crippen molar-refractivity contribution in [1.82, 2.24) is 4.90 Å². The molecule has 1 aromatic carbocycles. The lowest BCUT2D eigenvalue weighted by Gasteiger charge is -2.24. The molecule has 0 spiro atoms. The molecule has 1 heterocycles. The minimum absolute atomic E-state index is 0.00764. The molecule has 1 aliphatic heterocycles. The van der Waals surface area contributed by atoms with Gasteiger partial charge in [-0.1, -0.05) is 18.2 Å². The minimum atomic E-state index is -0.755. The van der Waals surface area contributed by atoms with Crippen LogP contribution in [0.15, 0.2) is 24.3 Å². The number of aliphatic carboxylic acids is 1.